The van der Waals surface area contributed by atoms with Crippen LogP contribution in [0.5, 0.6) is 5.75 Å². The lowest BCUT2D eigenvalue weighted by Crippen LogP contribution is -2.19. The van der Waals surface area contributed by atoms with Gasteiger partial charge in [0.1, 0.15) is 12.1 Å². The molecule has 0 bridgehead atoms. The third kappa shape index (κ3) is 5.68. The molecule has 10 heteroatoms. The van der Waals surface area contributed by atoms with E-state index in [1.54, 1.807) is 17.8 Å². The van der Waals surface area contributed by atoms with Gasteiger partial charge in [-0.1, -0.05) is 53.3 Å². The highest BCUT2D eigenvalue weighted by Crippen LogP contribution is 2.37. The molecule has 0 aliphatic heterocycles. The number of nitrogens with zero attached hydrogens (tertiary/aromatic N) is 3. The van der Waals surface area contributed by atoms with E-state index in [1.807, 2.05) is 6.07 Å². The van der Waals surface area contributed by atoms with Crippen LogP contribution in [-0.2, 0) is 12.8 Å². The lowest BCUT2D eigenvalue weighted by Gasteiger charge is -2.21. The number of halogens is 2. The number of hydrogen-bond acceptors (Lipinski definition) is 6. The summed E-state index contributed by atoms with van der Waals surface area (Å²) in [6.07, 6.45) is 10.1. The molecule has 1 aromatic carbocycles. The minimum atomic E-state index is -0.879. The van der Waals surface area contributed by atoms with Crippen LogP contribution in [0.4, 0.5) is 0 Å². The molecule has 0 radical (unpaired) electrons. The Bertz CT molecular complexity index is 812. The topological polar surface area (TPSA) is 79.4 Å². The van der Waals surface area contributed by atoms with Crippen molar-refractivity contribution in [1.29, 1.82) is 0 Å². The van der Waals surface area contributed by atoms with E-state index in [9.17, 15) is 10.1 Å². The second-order valence-corrected chi connectivity index (χ2v) is 8.53. The summed E-state index contributed by atoms with van der Waals surface area (Å²) in [5, 5.41) is 11.2. The van der Waals surface area contributed by atoms with Gasteiger partial charge >= 0.3 is 0 Å². The van der Waals surface area contributed by atoms with Crippen LogP contribution in [0.3, 0.4) is 0 Å². The van der Waals surface area contributed by atoms with Crippen molar-refractivity contribution in [3.05, 3.63) is 56.1 Å². The van der Waals surface area contributed by atoms with Gasteiger partial charge in [0.15, 0.2) is 10.8 Å². The molecule has 1 aliphatic carbocycles. The normalized spacial score (nSPS) is 14.8. The summed E-state index contributed by atoms with van der Waals surface area (Å²) in [6.45, 7) is 0. The number of aromatic nitrogens is 2. The largest absolute Gasteiger partial charge is 0.480 e. The van der Waals surface area contributed by atoms with Gasteiger partial charge in [-0.3, -0.25) is 0 Å². The average molecular weight is 446 g/mol. The van der Waals surface area contributed by atoms with Crippen molar-refractivity contribution in [2.45, 2.75) is 50.2 Å². The number of thioether (sulfide) groups is 1. The van der Waals surface area contributed by atoms with Gasteiger partial charge in [-0.15, -0.1) is 11.8 Å². The van der Waals surface area contributed by atoms with Crippen molar-refractivity contribution in [1.82, 2.24) is 9.71 Å². The highest BCUT2D eigenvalue weighted by atomic mass is 35.5. The van der Waals surface area contributed by atoms with Crippen molar-refractivity contribution < 1.29 is 14.8 Å². The minimum Gasteiger partial charge on any atom is -0.480 e. The molecule has 0 atom stereocenters. The van der Waals surface area contributed by atoms with Crippen molar-refractivity contribution in [2.75, 3.05) is 5.94 Å². The van der Waals surface area contributed by atoms with E-state index in [1.165, 1.54) is 44.5 Å². The zero-order valence-electron chi connectivity index (χ0n) is 15.2. The van der Waals surface area contributed by atoms with Gasteiger partial charge < -0.3 is 4.74 Å². The monoisotopic (exact) mass is 445 g/mol. The van der Waals surface area contributed by atoms with Gasteiger partial charge in [0.25, 0.3) is 0 Å². The van der Waals surface area contributed by atoms with Gasteiger partial charge in [0.2, 0.25) is 5.82 Å². The average Bonchev–Trinajstić information content (AvgIpc) is 3.11. The van der Waals surface area contributed by atoms with Gasteiger partial charge in [0, 0.05) is 11.7 Å². The van der Waals surface area contributed by atoms with Gasteiger partial charge in [-0.25, -0.2) is 15.1 Å². The van der Waals surface area contributed by atoms with Crippen LogP contribution in [-0.4, -0.2) is 26.0 Å². The van der Waals surface area contributed by atoms with Crippen molar-refractivity contribution >= 4 is 35.0 Å². The molecule has 0 amide bonds. The zero-order valence-corrected chi connectivity index (χ0v) is 17.5. The molecule has 28 heavy (non-hydrogen) atoms. The summed E-state index contributed by atoms with van der Waals surface area (Å²) in [5.74, 6) is 1.42. The summed E-state index contributed by atoms with van der Waals surface area (Å²) in [4.78, 5) is 19.1. The molecule has 1 fully saturated rings. The molecule has 1 aliphatic rings. The van der Waals surface area contributed by atoms with Crippen LogP contribution >= 0.6 is 35.0 Å². The van der Waals surface area contributed by atoms with E-state index >= 15 is 0 Å². The Hall–Kier alpha value is -1.64. The summed E-state index contributed by atoms with van der Waals surface area (Å²) in [7, 11) is 0. The molecule has 1 aromatic heterocycles. The van der Waals surface area contributed by atoms with Crippen LogP contribution in [0.2, 0.25) is 10.0 Å². The quantitative estimate of drug-likeness (QED) is 0.307. The first-order chi connectivity index (χ1) is 13.5. The van der Waals surface area contributed by atoms with Gasteiger partial charge in [-0.2, -0.15) is 4.94 Å². The van der Waals surface area contributed by atoms with Gasteiger partial charge in [0.05, 0.1) is 16.2 Å². The fraction of sp³-hybridized carbons (Fsp3) is 0.500. The van der Waals surface area contributed by atoms with Crippen LogP contribution in [0.1, 0.15) is 43.5 Å². The van der Waals surface area contributed by atoms with E-state index in [4.69, 9.17) is 27.9 Å². The Morgan fingerprint density at radius 1 is 1.25 bits per heavy atom. The number of hydrogen-bond donors (Lipinski definition) is 0. The van der Waals surface area contributed by atoms with E-state index in [-0.39, 0.29) is 0 Å². The van der Waals surface area contributed by atoms with Gasteiger partial charge in [-0.05, 0) is 30.9 Å². The summed E-state index contributed by atoms with van der Waals surface area (Å²) >= 11 is 14.6. The summed E-state index contributed by atoms with van der Waals surface area (Å²) in [5.41, 5.74) is 0.833. The lowest BCUT2D eigenvalue weighted by atomic mass is 10.0. The van der Waals surface area contributed by atoms with E-state index in [2.05, 4.69) is 9.92 Å². The number of imidazole rings is 1. The standard InChI is InChI=1S/C18H21Cl2N3O4S/c19-15-8-6-13(7-9-16-21-10-11-22(16)27-23(24)25)17(20)18(15)26-12-28-14-4-2-1-3-5-14/h6,8,10-11,14H,1-5,7,9,12H2. The first-order valence-electron chi connectivity index (χ1n) is 9.11. The molecule has 0 N–H and O–H groups in total. The van der Waals surface area contributed by atoms with Crippen LogP contribution in [0.25, 0.3) is 0 Å². The zero-order chi connectivity index (χ0) is 19.9. The Morgan fingerprint density at radius 3 is 2.79 bits per heavy atom. The molecule has 0 spiro atoms. The highest BCUT2D eigenvalue weighted by Gasteiger charge is 2.17. The molecule has 0 saturated heterocycles. The Morgan fingerprint density at radius 2 is 2.04 bits per heavy atom. The number of benzene rings is 1. The van der Waals surface area contributed by atoms with E-state index < -0.39 is 5.09 Å². The molecule has 1 heterocycles. The lowest BCUT2D eigenvalue weighted by molar-refractivity contribution is -0.749. The van der Waals surface area contributed by atoms with Crippen molar-refractivity contribution in [3.63, 3.8) is 0 Å². The SMILES string of the molecule is O=[N+]([O-])On1ccnc1CCc1ccc(Cl)c(OCSC2CCCCC2)c1Cl. The maximum absolute atomic E-state index is 10.5. The second kappa shape index (κ2) is 10.2. The maximum Gasteiger partial charge on any atom is 0.225 e. The van der Waals surface area contributed by atoms with Crippen molar-refractivity contribution in [3.8, 4) is 5.75 Å². The van der Waals surface area contributed by atoms with Crippen LogP contribution in [0.15, 0.2) is 24.5 Å². The Balaban J connectivity index is 1.60. The fourth-order valence-corrected chi connectivity index (χ4v) is 4.83. The molecular formula is C18H21Cl2N3O4S. The third-order valence-electron chi connectivity index (χ3n) is 4.64. The predicted molar refractivity (Wildman–Crippen MR) is 110 cm³/mol. The van der Waals surface area contributed by atoms with E-state index in [0.717, 1.165) is 10.3 Å². The third-order valence-corrected chi connectivity index (χ3v) is 6.55. The molecule has 2 aromatic rings. The number of ether oxygens (including phenoxy) is 1. The summed E-state index contributed by atoms with van der Waals surface area (Å²) in [6, 6.07) is 3.58. The van der Waals surface area contributed by atoms with E-state index in [0.29, 0.717) is 45.6 Å². The van der Waals surface area contributed by atoms with Crippen LogP contribution < -0.4 is 9.68 Å². The fourth-order valence-electron chi connectivity index (χ4n) is 3.21. The smallest absolute Gasteiger partial charge is 0.225 e. The molecule has 3 rings (SSSR count). The van der Waals surface area contributed by atoms with Crippen LogP contribution in [0, 0.1) is 10.1 Å². The number of aryl methyl sites for hydroxylation is 2. The molecule has 0 unspecified atom stereocenters. The van der Waals surface area contributed by atoms with Crippen molar-refractivity contribution in [2.24, 2.45) is 0 Å². The number of rotatable bonds is 9. The first kappa shape index (κ1) is 21.1. The highest BCUT2D eigenvalue weighted by molar-refractivity contribution is 7.99. The molecular weight excluding hydrogens is 425 g/mol. The molecule has 7 nitrogen and oxygen atoms in total. The molecule has 1 saturated carbocycles. The minimum absolute atomic E-state index is 0.415. The molecule has 152 valence electrons. The summed E-state index contributed by atoms with van der Waals surface area (Å²) < 4.78 is 6.92. The second-order valence-electron chi connectivity index (χ2n) is 6.51. The maximum atomic E-state index is 10.5. The first-order valence-corrected chi connectivity index (χ1v) is 10.9. The Kier molecular flexibility index (Phi) is 7.70. The Labute approximate surface area is 177 Å². The predicted octanol–water partition coefficient (Wildman–Crippen LogP) is 5.00.